The highest BCUT2D eigenvalue weighted by molar-refractivity contribution is 5.89. The van der Waals surface area contributed by atoms with Gasteiger partial charge in [-0.1, -0.05) is 7.43 Å². The molecule has 0 bridgehead atoms. The smallest absolute Gasteiger partial charge is 0.294 e. The number of ether oxygens (including phenoxy) is 2. The van der Waals surface area contributed by atoms with E-state index >= 15 is 0 Å². The summed E-state index contributed by atoms with van der Waals surface area (Å²) >= 11 is 0. The molecule has 0 aromatic heterocycles. The third-order valence-electron chi connectivity index (χ3n) is 4.70. The Morgan fingerprint density at radius 1 is 0.707 bits per heavy atom. The van der Waals surface area contributed by atoms with Gasteiger partial charge in [0, 0.05) is 32.1 Å². The number of carbonyl (C=O) groups excluding carboxylic acids is 8. The number of hydroxylamine groups is 2. The van der Waals surface area contributed by atoms with Gasteiger partial charge in [0.25, 0.3) is 24.8 Å². The summed E-state index contributed by atoms with van der Waals surface area (Å²) in [6.07, 6.45) is -1.31. The molecule has 0 radical (unpaired) electrons. The van der Waals surface area contributed by atoms with Crippen molar-refractivity contribution in [3.05, 3.63) is 0 Å². The number of carbonyl (C=O) groups is 8. The summed E-state index contributed by atoms with van der Waals surface area (Å²) in [6.45, 7) is 0.340. The second-order valence-electron chi connectivity index (χ2n) is 7.81. The highest BCUT2D eigenvalue weighted by Crippen LogP contribution is 2.01. The van der Waals surface area contributed by atoms with Crippen LogP contribution in [0, 0.1) is 0 Å². The van der Waals surface area contributed by atoms with E-state index < -0.39 is 59.8 Å². The SMILES string of the molecule is C.NC(=O)CC[C@H](NC(=O)C(N)CCOC=O)C(=O)NO.NC(=O)CC[C@H](NC(=O)CCC(N)OC=O)C(=O)NO. The van der Waals surface area contributed by atoms with Crippen molar-refractivity contribution in [2.45, 2.75) is 76.7 Å². The average molecular weight is 597 g/mol. The first-order chi connectivity index (χ1) is 18.8. The topological polar surface area (TPSA) is 348 Å². The van der Waals surface area contributed by atoms with Gasteiger partial charge in [-0.15, -0.1) is 0 Å². The number of primary amides is 2. The molecule has 236 valence electrons. The summed E-state index contributed by atoms with van der Waals surface area (Å²) in [5.74, 6) is -4.29. The first-order valence-electron chi connectivity index (χ1n) is 11.5. The first kappa shape index (κ1) is 41.1. The van der Waals surface area contributed by atoms with Crippen molar-refractivity contribution in [1.29, 1.82) is 0 Å². The van der Waals surface area contributed by atoms with Crippen molar-refractivity contribution in [2.75, 3.05) is 6.61 Å². The molecule has 0 heterocycles. The molecule has 0 aromatic carbocycles. The summed E-state index contributed by atoms with van der Waals surface area (Å²) in [5, 5.41) is 21.6. The van der Waals surface area contributed by atoms with Crippen molar-refractivity contribution in [1.82, 2.24) is 21.6 Å². The fourth-order valence-corrected chi connectivity index (χ4v) is 2.60. The quantitative estimate of drug-likeness (QED) is 0.0207. The molecule has 0 saturated heterocycles. The van der Waals surface area contributed by atoms with Crippen LogP contribution in [0.15, 0.2) is 0 Å². The molecule has 41 heavy (non-hydrogen) atoms. The van der Waals surface area contributed by atoms with Gasteiger partial charge in [0.05, 0.1) is 12.6 Å². The van der Waals surface area contributed by atoms with Crippen molar-refractivity contribution >= 4 is 48.4 Å². The van der Waals surface area contributed by atoms with Gasteiger partial charge in [-0.3, -0.25) is 54.5 Å². The Morgan fingerprint density at radius 2 is 1.20 bits per heavy atom. The van der Waals surface area contributed by atoms with Gasteiger partial charge in [0.1, 0.15) is 12.1 Å². The van der Waals surface area contributed by atoms with Crippen LogP contribution in [0.2, 0.25) is 0 Å². The van der Waals surface area contributed by atoms with E-state index in [0.29, 0.717) is 0 Å². The second-order valence-corrected chi connectivity index (χ2v) is 7.81. The number of amides is 6. The monoisotopic (exact) mass is 596 g/mol. The normalized spacial score (nSPS) is 12.6. The minimum atomic E-state index is -1.14. The van der Waals surface area contributed by atoms with Crippen LogP contribution in [0.5, 0.6) is 0 Å². The van der Waals surface area contributed by atoms with Crippen LogP contribution in [-0.4, -0.2) is 89.8 Å². The summed E-state index contributed by atoms with van der Waals surface area (Å²) in [4.78, 5) is 87.0. The van der Waals surface area contributed by atoms with Crippen LogP contribution in [0.4, 0.5) is 0 Å². The van der Waals surface area contributed by atoms with Crippen molar-refractivity contribution in [2.24, 2.45) is 22.9 Å². The van der Waals surface area contributed by atoms with Gasteiger partial charge >= 0.3 is 0 Å². The van der Waals surface area contributed by atoms with Gasteiger partial charge in [0.2, 0.25) is 23.6 Å². The van der Waals surface area contributed by atoms with Gasteiger partial charge in [-0.25, -0.2) is 11.0 Å². The Morgan fingerprint density at radius 3 is 1.61 bits per heavy atom. The maximum Gasteiger partial charge on any atom is 0.294 e. The van der Waals surface area contributed by atoms with Gasteiger partial charge in [-0.2, -0.15) is 0 Å². The minimum absolute atomic E-state index is 0. The summed E-state index contributed by atoms with van der Waals surface area (Å²) in [5.41, 5.74) is 23.5. The van der Waals surface area contributed by atoms with E-state index in [1.165, 1.54) is 11.0 Å². The molecule has 0 aliphatic carbocycles. The van der Waals surface area contributed by atoms with E-state index in [9.17, 15) is 38.4 Å². The maximum atomic E-state index is 11.7. The average Bonchev–Trinajstić information content (AvgIpc) is 2.91. The van der Waals surface area contributed by atoms with Crippen LogP contribution < -0.4 is 44.5 Å². The fraction of sp³-hybridized carbons (Fsp3) is 0.619. The van der Waals surface area contributed by atoms with E-state index in [2.05, 4.69) is 20.1 Å². The molecule has 0 rings (SSSR count). The lowest BCUT2D eigenvalue weighted by molar-refractivity contribution is -0.136. The van der Waals surface area contributed by atoms with Crippen LogP contribution in [0.25, 0.3) is 0 Å². The fourth-order valence-electron chi connectivity index (χ4n) is 2.60. The number of hydrogen-bond donors (Lipinski definition) is 10. The maximum absolute atomic E-state index is 11.7. The zero-order valence-electron chi connectivity index (χ0n) is 21.4. The van der Waals surface area contributed by atoms with Gasteiger partial charge < -0.3 is 37.3 Å². The molecular weight excluding hydrogens is 556 g/mol. The highest BCUT2D eigenvalue weighted by atomic mass is 16.5. The Kier molecular flexibility index (Phi) is 24.7. The molecule has 0 saturated carbocycles. The predicted octanol–water partition coefficient (Wildman–Crippen LogP) is -4.75. The van der Waals surface area contributed by atoms with Gasteiger partial charge in [0.15, 0.2) is 6.23 Å². The van der Waals surface area contributed by atoms with Crippen LogP contribution in [0.1, 0.15) is 52.4 Å². The number of hydrogen-bond acceptors (Lipinski definition) is 14. The molecule has 0 aromatic rings. The van der Waals surface area contributed by atoms with Gasteiger partial charge in [-0.05, 0) is 12.8 Å². The lowest BCUT2D eigenvalue weighted by Crippen LogP contribution is -2.51. The zero-order chi connectivity index (χ0) is 31.1. The lowest BCUT2D eigenvalue weighted by Gasteiger charge is -2.18. The predicted molar refractivity (Wildman–Crippen MR) is 136 cm³/mol. The molecular formula is C21H40N8O12. The summed E-state index contributed by atoms with van der Waals surface area (Å²) < 4.78 is 8.77. The van der Waals surface area contributed by atoms with E-state index in [1.807, 2.05) is 0 Å². The molecule has 0 aliphatic heterocycles. The van der Waals surface area contributed by atoms with E-state index in [4.69, 9.17) is 33.3 Å². The molecule has 20 heteroatoms. The molecule has 0 spiro atoms. The Bertz CT molecular complexity index is 860. The molecule has 2 unspecified atom stereocenters. The van der Waals surface area contributed by atoms with Crippen molar-refractivity contribution in [3.8, 4) is 0 Å². The molecule has 14 N–H and O–H groups in total. The Hall–Kier alpha value is -4.40. The third-order valence-corrected chi connectivity index (χ3v) is 4.70. The number of nitrogens with two attached hydrogens (primary N) is 4. The largest absolute Gasteiger partial charge is 0.468 e. The number of rotatable bonds is 20. The molecule has 0 aliphatic rings. The third kappa shape index (κ3) is 22.1. The first-order valence-corrected chi connectivity index (χ1v) is 11.5. The van der Waals surface area contributed by atoms with Crippen molar-refractivity contribution < 1.29 is 58.2 Å². The van der Waals surface area contributed by atoms with E-state index in [-0.39, 0.29) is 71.9 Å². The van der Waals surface area contributed by atoms with Crippen molar-refractivity contribution in [3.63, 3.8) is 0 Å². The standard InChI is InChI=1S/2C10H18N4O6.CH4/c11-6(3-4-20-5-15)9(17)13-7(10(18)14-19)1-2-8(12)16;11-7(16)2-1-6(10(18)14-19)13-9(17)4-3-8(12)20-5-15;/h5-7,19H,1-4,11H2,(H2,12,16)(H,13,17)(H,14,18);5-6,8,19H,1-4,12H2,(H2,11,16)(H,13,17)(H,14,18);1H4/t6?,7-;6-,8?;/m00./s1. The van der Waals surface area contributed by atoms with Crippen LogP contribution in [0.3, 0.4) is 0 Å². The molecule has 0 fully saturated rings. The second kappa shape index (κ2) is 24.6. The van der Waals surface area contributed by atoms with Crippen LogP contribution >= 0.6 is 0 Å². The Labute approximate surface area is 235 Å². The molecule has 20 nitrogen and oxygen atoms in total. The summed E-state index contributed by atoms with van der Waals surface area (Å²) in [6, 6.07) is -3.24. The lowest BCUT2D eigenvalue weighted by atomic mass is 10.1. The van der Waals surface area contributed by atoms with E-state index in [0.717, 1.165) is 0 Å². The minimum Gasteiger partial charge on any atom is -0.468 e. The Balaban J connectivity index is -0.000000688. The molecule has 4 atom stereocenters. The summed E-state index contributed by atoms with van der Waals surface area (Å²) in [7, 11) is 0. The van der Waals surface area contributed by atoms with Crippen LogP contribution in [-0.2, 0) is 47.8 Å². The number of nitrogens with one attached hydrogen (secondary N) is 4. The molecule has 6 amide bonds. The zero-order valence-corrected chi connectivity index (χ0v) is 21.4. The van der Waals surface area contributed by atoms with E-state index in [1.54, 1.807) is 0 Å². The highest BCUT2D eigenvalue weighted by Gasteiger charge is 2.24.